The van der Waals surface area contributed by atoms with Crippen molar-refractivity contribution in [3.8, 4) is 0 Å². The molecule has 0 aromatic rings. The molecule has 0 spiro atoms. The first-order chi connectivity index (χ1) is 6.13. The molecule has 1 rings (SSSR count). The van der Waals surface area contributed by atoms with Crippen LogP contribution < -0.4 is 5.73 Å². The predicted octanol–water partition coefficient (Wildman–Crippen LogP) is 2.12. The fourth-order valence-electron chi connectivity index (χ4n) is 1.99. The summed E-state index contributed by atoms with van der Waals surface area (Å²) in [6.07, 6.45) is 5.85. The normalized spacial score (nSPS) is 21.8. The van der Waals surface area contributed by atoms with E-state index in [1.165, 1.54) is 19.3 Å². The number of carbonyl (C=O) groups is 1. The fourth-order valence-corrected chi connectivity index (χ4v) is 1.99. The quantitative estimate of drug-likeness (QED) is 0.728. The smallest absolute Gasteiger partial charge is 0.152 e. The van der Waals surface area contributed by atoms with Crippen molar-refractivity contribution < 1.29 is 4.79 Å². The van der Waals surface area contributed by atoms with Gasteiger partial charge in [-0.2, -0.15) is 0 Å². The van der Waals surface area contributed by atoms with E-state index in [9.17, 15) is 4.79 Å². The van der Waals surface area contributed by atoms with E-state index in [0.717, 1.165) is 12.8 Å². The molecule has 1 aliphatic rings. The number of hydrogen-bond donors (Lipinski definition) is 1. The summed E-state index contributed by atoms with van der Waals surface area (Å²) in [6, 6.07) is -0.233. The minimum absolute atomic E-state index is 0.233. The lowest BCUT2D eigenvalue weighted by Crippen LogP contribution is -2.40. The van der Waals surface area contributed by atoms with E-state index in [0.29, 0.717) is 5.78 Å². The summed E-state index contributed by atoms with van der Waals surface area (Å²) in [7, 11) is 0. The van der Waals surface area contributed by atoms with Crippen LogP contribution in [0.1, 0.15) is 46.0 Å². The van der Waals surface area contributed by atoms with Crippen molar-refractivity contribution in [3.63, 3.8) is 0 Å². The second kappa shape index (κ2) is 4.75. The van der Waals surface area contributed by atoms with Crippen LogP contribution in [0, 0.1) is 11.8 Å². The van der Waals surface area contributed by atoms with Crippen molar-refractivity contribution in [2.45, 2.75) is 52.0 Å². The zero-order valence-electron chi connectivity index (χ0n) is 8.75. The molecule has 0 amide bonds. The van der Waals surface area contributed by atoms with Gasteiger partial charge >= 0.3 is 0 Å². The highest BCUT2D eigenvalue weighted by Crippen LogP contribution is 2.25. The van der Waals surface area contributed by atoms with Gasteiger partial charge in [0, 0.05) is 5.92 Å². The molecule has 0 heterocycles. The van der Waals surface area contributed by atoms with Crippen molar-refractivity contribution in [2.75, 3.05) is 0 Å². The summed E-state index contributed by atoms with van der Waals surface area (Å²) in [5.74, 6) is 0.857. The van der Waals surface area contributed by atoms with Crippen LogP contribution in [0.15, 0.2) is 0 Å². The molecule has 0 unspecified atom stereocenters. The molecule has 1 aliphatic carbocycles. The highest BCUT2D eigenvalue weighted by atomic mass is 16.1. The van der Waals surface area contributed by atoms with Gasteiger partial charge in [0.05, 0.1) is 6.04 Å². The molecule has 0 saturated heterocycles. The molecular formula is C11H21NO. The Balaban J connectivity index is 2.45. The van der Waals surface area contributed by atoms with Crippen molar-refractivity contribution in [1.82, 2.24) is 0 Å². The number of ketones is 1. The van der Waals surface area contributed by atoms with Gasteiger partial charge in [-0.25, -0.2) is 0 Å². The zero-order valence-corrected chi connectivity index (χ0v) is 8.75. The van der Waals surface area contributed by atoms with Gasteiger partial charge in [0.15, 0.2) is 5.78 Å². The molecule has 0 aromatic heterocycles. The minimum Gasteiger partial charge on any atom is -0.321 e. The Hall–Kier alpha value is -0.370. The van der Waals surface area contributed by atoms with Gasteiger partial charge in [-0.05, 0) is 18.8 Å². The molecule has 0 bridgehead atoms. The molecule has 13 heavy (non-hydrogen) atoms. The van der Waals surface area contributed by atoms with Gasteiger partial charge in [-0.15, -0.1) is 0 Å². The Morgan fingerprint density at radius 3 is 2.23 bits per heavy atom. The molecule has 76 valence electrons. The van der Waals surface area contributed by atoms with E-state index >= 15 is 0 Å². The minimum atomic E-state index is -0.233. The van der Waals surface area contributed by atoms with E-state index in [1.807, 2.05) is 13.8 Å². The maximum Gasteiger partial charge on any atom is 0.152 e. The Kier molecular flexibility index (Phi) is 3.91. The van der Waals surface area contributed by atoms with E-state index < -0.39 is 0 Å². The third kappa shape index (κ3) is 2.80. The second-order valence-electron chi connectivity index (χ2n) is 4.51. The Bertz CT molecular complexity index is 171. The Morgan fingerprint density at radius 1 is 1.23 bits per heavy atom. The number of hydrogen-bond acceptors (Lipinski definition) is 2. The first-order valence-corrected chi connectivity index (χ1v) is 5.42. The van der Waals surface area contributed by atoms with Crippen LogP contribution in [0.4, 0.5) is 0 Å². The van der Waals surface area contributed by atoms with Crippen LogP contribution in [0.5, 0.6) is 0 Å². The van der Waals surface area contributed by atoms with Crippen molar-refractivity contribution in [1.29, 1.82) is 0 Å². The predicted molar refractivity (Wildman–Crippen MR) is 54.4 cm³/mol. The first-order valence-electron chi connectivity index (χ1n) is 5.42. The number of nitrogens with two attached hydrogens (primary N) is 1. The average molecular weight is 183 g/mol. The summed E-state index contributed by atoms with van der Waals surface area (Å²) in [4.78, 5) is 11.8. The summed E-state index contributed by atoms with van der Waals surface area (Å²) in [6.45, 7) is 4.04. The molecular weight excluding hydrogens is 162 g/mol. The summed E-state index contributed by atoms with van der Waals surface area (Å²) < 4.78 is 0. The van der Waals surface area contributed by atoms with E-state index in [1.54, 1.807) is 0 Å². The highest BCUT2D eigenvalue weighted by Gasteiger charge is 2.27. The van der Waals surface area contributed by atoms with Crippen molar-refractivity contribution in [2.24, 2.45) is 17.6 Å². The number of carbonyl (C=O) groups excluding carboxylic acids is 1. The molecule has 1 saturated carbocycles. The van der Waals surface area contributed by atoms with Crippen LogP contribution in [0.2, 0.25) is 0 Å². The maximum atomic E-state index is 11.8. The third-order valence-electron chi connectivity index (χ3n) is 3.05. The zero-order chi connectivity index (χ0) is 9.84. The molecule has 2 N–H and O–H groups in total. The molecule has 0 radical (unpaired) electrons. The second-order valence-corrected chi connectivity index (χ2v) is 4.51. The third-order valence-corrected chi connectivity index (χ3v) is 3.05. The van der Waals surface area contributed by atoms with Crippen LogP contribution in [0.25, 0.3) is 0 Å². The van der Waals surface area contributed by atoms with Gasteiger partial charge in [0.25, 0.3) is 0 Å². The van der Waals surface area contributed by atoms with Crippen LogP contribution in [-0.4, -0.2) is 11.8 Å². The topological polar surface area (TPSA) is 43.1 Å². The van der Waals surface area contributed by atoms with Crippen LogP contribution >= 0.6 is 0 Å². The number of rotatable bonds is 3. The number of Topliss-reactive ketones (excluding diaryl/α,β-unsaturated/α-hetero) is 1. The SMILES string of the molecule is CC(C)[C@@H](N)C(=O)C1CCCCC1. The molecule has 2 nitrogen and oxygen atoms in total. The molecule has 2 heteroatoms. The van der Waals surface area contributed by atoms with E-state index in [4.69, 9.17) is 5.73 Å². The molecule has 1 atom stereocenters. The lowest BCUT2D eigenvalue weighted by molar-refractivity contribution is -0.125. The highest BCUT2D eigenvalue weighted by molar-refractivity contribution is 5.86. The van der Waals surface area contributed by atoms with Crippen LogP contribution in [-0.2, 0) is 4.79 Å². The van der Waals surface area contributed by atoms with E-state index in [2.05, 4.69) is 0 Å². The van der Waals surface area contributed by atoms with Gasteiger partial charge < -0.3 is 5.73 Å². The Labute approximate surface area is 80.9 Å². The van der Waals surface area contributed by atoms with Gasteiger partial charge in [0.2, 0.25) is 0 Å². The average Bonchev–Trinajstić information content (AvgIpc) is 2.17. The summed E-state index contributed by atoms with van der Waals surface area (Å²) in [5.41, 5.74) is 5.84. The van der Waals surface area contributed by atoms with Crippen molar-refractivity contribution in [3.05, 3.63) is 0 Å². The monoisotopic (exact) mass is 183 g/mol. The first kappa shape index (κ1) is 10.7. The molecule has 0 aromatic carbocycles. The lowest BCUT2D eigenvalue weighted by Gasteiger charge is -2.24. The largest absolute Gasteiger partial charge is 0.321 e. The lowest BCUT2D eigenvalue weighted by atomic mass is 9.82. The van der Waals surface area contributed by atoms with Crippen LogP contribution in [0.3, 0.4) is 0 Å². The summed E-state index contributed by atoms with van der Waals surface area (Å²) in [5, 5.41) is 0. The summed E-state index contributed by atoms with van der Waals surface area (Å²) >= 11 is 0. The van der Waals surface area contributed by atoms with Gasteiger partial charge in [-0.3, -0.25) is 4.79 Å². The molecule has 0 aliphatic heterocycles. The van der Waals surface area contributed by atoms with Crippen molar-refractivity contribution >= 4 is 5.78 Å². The van der Waals surface area contributed by atoms with Gasteiger partial charge in [0.1, 0.15) is 0 Å². The molecule has 1 fully saturated rings. The maximum absolute atomic E-state index is 11.8. The van der Waals surface area contributed by atoms with E-state index in [-0.39, 0.29) is 17.9 Å². The Morgan fingerprint density at radius 2 is 1.77 bits per heavy atom. The fraction of sp³-hybridized carbons (Fsp3) is 0.909. The van der Waals surface area contributed by atoms with Gasteiger partial charge in [-0.1, -0.05) is 33.1 Å². The standard InChI is InChI=1S/C11H21NO/c1-8(2)10(12)11(13)9-6-4-3-5-7-9/h8-10H,3-7,12H2,1-2H3/t10-/m1/s1.